The zero-order chi connectivity index (χ0) is 16.0. The summed E-state index contributed by atoms with van der Waals surface area (Å²) in [5.74, 6) is 0.141. The summed E-state index contributed by atoms with van der Waals surface area (Å²) in [5, 5.41) is 8.81. The second-order valence-corrected chi connectivity index (χ2v) is 5.46. The fraction of sp³-hybridized carbons (Fsp3) is 0.316. The number of aryl methyl sites for hydroxylation is 4. The first kappa shape index (κ1) is 17.1. The maximum atomic E-state index is 11.0. The van der Waals surface area contributed by atoms with Gasteiger partial charge in [-0.25, -0.2) is 0 Å². The highest BCUT2D eigenvalue weighted by Crippen LogP contribution is 2.10. The van der Waals surface area contributed by atoms with Crippen molar-refractivity contribution in [3.63, 3.8) is 0 Å². The van der Waals surface area contributed by atoms with Crippen LogP contribution in [0.1, 0.15) is 45.1 Å². The Bertz CT molecular complexity index is 627. The van der Waals surface area contributed by atoms with Crippen molar-refractivity contribution in [2.75, 3.05) is 0 Å². The van der Waals surface area contributed by atoms with Crippen molar-refractivity contribution in [2.45, 2.75) is 41.2 Å². The summed E-state index contributed by atoms with van der Waals surface area (Å²) in [6.07, 6.45) is 0. The molecule has 0 heterocycles. The molecular weight excluding hydrogens is 260 g/mol. The van der Waals surface area contributed by atoms with E-state index in [1.165, 1.54) is 16.7 Å². The number of carbonyl (C=O) groups excluding carboxylic acids is 1. The van der Waals surface area contributed by atoms with Gasteiger partial charge in [0.15, 0.2) is 5.78 Å². The number of benzene rings is 2. The number of hydrogen-bond acceptors (Lipinski definition) is 2. The van der Waals surface area contributed by atoms with Crippen LogP contribution in [0.3, 0.4) is 0 Å². The SMILES string of the molecule is CC(=O)c1ccc(C)cc1C.Cc1ccc(CO)c(C)c1. The molecule has 2 rings (SSSR count). The molecule has 0 radical (unpaired) electrons. The molecule has 0 fully saturated rings. The van der Waals surface area contributed by atoms with Crippen molar-refractivity contribution >= 4 is 5.78 Å². The lowest BCUT2D eigenvalue weighted by Gasteiger charge is -2.01. The van der Waals surface area contributed by atoms with Crippen LogP contribution in [0.25, 0.3) is 0 Å². The number of hydrogen-bond donors (Lipinski definition) is 1. The van der Waals surface area contributed by atoms with Crippen LogP contribution in [0.15, 0.2) is 36.4 Å². The third-order valence-electron chi connectivity index (χ3n) is 3.43. The van der Waals surface area contributed by atoms with E-state index < -0.39 is 0 Å². The maximum Gasteiger partial charge on any atom is 0.160 e. The van der Waals surface area contributed by atoms with Gasteiger partial charge in [-0.15, -0.1) is 0 Å². The molecule has 112 valence electrons. The van der Waals surface area contributed by atoms with Crippen LogP contribution in [0.2, 0.25) is 0 Å². The van der Waals surface area contributed by atoms with E-state index in [9.17, 15) is 4.79 Å². The van der Waals surface area contributed by atoms with Crippen LogP contribution in [0.5, 0.6) is 0 Å². The van der Waals surface area contributed by atoms with Gasteiger partial charge in [-0.3, -0.25) is 4.79 Å². The fourth-order valence-electron chi connectivity index (χ4n) is 2.23. The first-order valence-electron chi connectivity index (χ1n) is 7.10. The van der Waals surface area contributed by atoms with Crippen LogP contribution in [0, 0.1) is 27.7 Å². The Morgan fingerprint density at radius 2 is 1.43 bits per heavy atom. The highest BCUT2D eigenvalue weighted by Gasteiger charge is 2.01. The molecule has 0 amide bonds. The van der Waals surface area contributed by atoms with Gasteiger partial charge in [0, 0.05) is 5.56 Å². The number of aliphatic hydroxyl groups is 1. The molecule has 0 saturated carbocycles. The summed E-state index contributed by atoms with van der Waals surface area (Å²) >= 11 is 0. The Hall–Kier alpha value is -1.93. The summed E-state index contributed by atoms with van der Waals surface area (Å²) in [4.78, 5) is 11.0. The van der Waals surface area contributed by atoms with E-state index in [1.54, 1.807) is 6.92 Å². The summed E-state index contributed by atoms with van der Waals surface area (Å²) in [5.41, 5.74) is 6.53. The monoisotopic (exact) mass is 284 g/mol. The molecule has 2 heteroatoms. The Balaban J connectivity index is 0.000000211. The van der Waals surface area contributed by atoms with Gasteiger partial charge >= 0.3 is 0 Å². The number of Topliss-reactive ketones (excluding diaryl/α,β-unsaturated/α-hetero) is 1. The molecule has 21 heavy (non-hydrogen) atoms. The standard InChI is InChI=1S/C10H12O.C9H12O/c1-7-4-5-10(9(3)11)8(2)6-7;1-7-3-4-9(6-10)8(2)5-7/h4-6H,1-3H3;3-5,10H,6H2,1-2H3. The lowest BCUT2D eigenvalue weighted by Crippen LogP contribution is -1.95. The van der Waals surface area contributed by atoms with Crippen molar-refractivity contribution < 1.29 is 9.90 Å². The molecule has 0 atom stereocenters. The number of rotatable bonds is 2. The minimum absolute atomic E-state index is 0.141. The Morgan fingerprint density at radius 3 is 1.86 bits per heavy atom. The highest BCUT2D eigenvalue weighted by atomic mass is 16.3. The van der Waals surface area contributed by atoms with E-state index in [-0.39, 0.29) is 12.4 Å². The van der Waals surface area contributed by atoms with Crippen LogP contribution >= 0.6 is 0 Å². The summed E-state index contributed by atoms with van der Waals surface area (Å²) in [7, 11) is 0. The Kier molecular flexibility index (Phi) is 6.32. The minimum atomic E-state index is 0.141. The van der Waals surface area contributed by atoms with Gasteiger partial charge in [0.25, 0.3) is 0 Å². The molecule has 0 aliphatic heterocycles. The average Bonchev–Trinajstić information content (AvgIpc) is 2.39. The molecule has 0 saturated heterocycles. The molecule has 0 aromatic heterocycles. The quantitative estimate of drug-likeness (QED) is 0.835. The highest BCUT2D eigenvalue weighted by molar-refractivity contribution is 5.95. The Morgan fingerprint density at radius 1 is 0.905 bits per heavy atom. The Labute approximate surface area is 127 Å². The van der Waals surface area contributed by atoms with E-state index >= 15 is 0 Å². The van der Waals surface area contributed by atoms with Gasteiger partial charge in [0.2, 0.25) is 0 Å². The van der Waals surface area contributed by atoms with E-state index in [4.69, 9.17) is 5.11 Å². The molecule has 2 aromatic carbocycles. The zero-order valence-corrected chi connectivity index (χ0v) is 13.5. The van der Waals surface area contributed by atoms with Crippen molar-refractivity contribution in [2.24, 2.45) is 0 Å². The molecule has 1 N–H and O–H groups in total. The van der Waals surface area contributed by atoms with Crippen molar-refractivity contribution in [3.05, 3.63) is 69.8 Å². The van der Waals surface area contributed by atoms with Crippen molar-refractivity contribution in [3.8, 4) is 0 Å². The van der Waals surface area contributed by atoms with E-state index in [0.29, 0.717) is 0 Å². The van der Waals surface area contributed by atoms with Crippen LogP contribution in [0.4, 0.5) is 0 Å². The first-order valence-corrected chi connectivity index (χ1v) is 7.10. The fourth-order valence-corrected chi connectivity index (χ4v) is 2.23. The molecule has 0 aliphatic carbocycles. The summed E-state index contributed by atoms with van der Waals surface area (Å²) in [6.45, 7) is 9.79. The lowest BCUT2D eigenvalue weighted by atomic mass is 10.0. The van der Waals surface area contributed by atoms with Gasteiger partial charge in [-0.05, 0) is 51.3 Å². The third kappa shape index (κ3) is 5.16. The number of carbonyl (C=O) groups is 1. The van der Waals surface area contributed by atoms with E-state index in [1.807, 2.05) is 58.0 Å². The van der Waals surface area contributed by atoms with Gasteiger partial charge in [0.05, 0.1) is 6.61 Å². The van der Waals surface area contributed by atoms with Gasteiger partial charge in [-0.1, -0.05) is 47.5 Å². The molecule has 2 aromatic rings. The predicted molar refractivity (Wildman–Crippen MR) is 87.8 cm³/mol. The van der Waals surface area contributed by atoms with E-state index in [2.05, 4.69) is 6.07 Å². The van der Waals surface area contributed by atoms with Gasteiger partial charge in [0.1, 0.15) is 0 Å². The molecular formula is C19H24O2. The predicted octanol–water partition coefficient (Wildman–Crippen LogP) is 4.30. The second-order valence-electron chi connectivity index (χ2n) is 5.46. The largest absolute Gasteiger partial charge is 0.392 e. The minimum Gasteiger partial charge on any atom is -0.392 e. The first-order chi connectivity index (χ1) is 9.85. The smallest absolute Gasteiger partial charge is 0.160 e. The van der Waals surface area contributed by atoms with Gasteiger partial charge < -0.3 is 5.11 Å². The second kappa shape index (κ2) is 7.75. The van der Waals surface area contributed by atoms with Crippen LogP contribution < -0.4 is 0 Å². The third-order valence-corrected chi connectivity index (χ3v) is 3.43. The lowest BCUT2D eigenvalue weighted by molar-refractivity contribution is 0.101. The number of aliphatic hydroxyl groups excluding tert-OH is 1. The van der Waals surface area contributed by atoms with Crippen LogP contribution in [-0.4, -0.2) is 10.9 Å². The number of ketones is 1. The summed E-state index contributed by atoms with van der Waals surface area (Å²) < 4.78 is 0. The zero-order valence-electron chi connectivity index (χ0n) is 13.5. The molecule has 0 bridgehead atoms. The molecule has 0 aliphatic rings. The van der Waals surface area contributed by atoms with Crippen LogP contribution in [-0.2, 0) is 6.61 Å². The topological polar surface area (TPSA) is 37.3 Å². The normalized spacial score (nSPS) is 9.81. The average molecular weight is 284 g/mol. The molecule has 0 spiro atoms. The van der Waals surface area contributed by atoms with Gasteiger partial charge in [-0.2, -0.15) is 0 Å². The van der Waals surface area contributed by atoms with Crippen molar-refractivity contribution in [1.29, 1.82) is 0 Å². The maximum absolute atomic E-state index is 11.0. The summed E-state index contributed by atoms with van der Waals surface area (Å²) in [6, 6.07) is 11.9. The van der Waals surface area contributed by atoms with Crippen molar-refractivity contribution in [1.82, 2.24) is 0 Å². The molecule has 2 nitrogen and oxygen atoms in total. The van der Waals surface area contributed by atoms with E-state index in [0.717, 1.165) is 16.7 Å². The molecule has 0 unspecified atom stereocenters.